The Balaban J connectivity index is 0.00000121. The number of rotatable bonds is 7. The van der Waals surface area contributed by atoms with Crippen LogP contribution in [0.15, 0.2) is 30.3 Å². The van der Waals surface area contributed by atoms with Gasteiger partial charge in [0.2, 0.25) is 0 Å². The first-order valence-corrected chi connectivity index (χ1v) is 11.0. The van der Waals surface area contributed by atoms with Crippen molar-refractivity contribution < 1.29 is 19.2 Å². The van der Waals surface area contributed by atoms with E-state index >= 15 is 0 Å². The van der Waals surface area contributed by atoms with E-state index in [2.05, 4.69) is 10.6 Å². The molecule has 0 aliphatic carbocycles. The molecule has 32 heavy (non-hydrogen) atoms. The summed E-state index contributed by atoms with van der Waals surface area (Å²) in [5.41, 5.74) is 1.57. The van der Waals surface area contributed by atoms with Crippen LogP contribution in [0.2, 0.25) is 10.0 Å². The molecule has 0 amide bonds. The van der Waals surface area contributed by atoms with Crippen LogP contribution in [0.1, 0.15) is 41.8 Å². The summed E-state index contributed by atoms with van der Waals surface area (Å²) in [6.07, 6.45) is 1.92. The molecule has 2 aromatic rings. The number of hydrogen-bond acceptors (Lipinski definition) is 6. The third kappa shape index (κ3) is 6.73. The molecule has 0 spiro atoms. The Morgan fingerprint density at radius 3 is 2.53 bits per heavy atom. The minimum absolute atomic E-state index is 0.191. The molecule has 2 aromatic carbocycles. The Hall–Kier alpha value is -2.03. The minimum atomic E-state index is -0.779. The third-order valence-corrected chi connectivity index (χ3v) is 5.84. The molecular formula is C23H30Cl2FN3O3. The molecule has 6 nitrogen and oxygen atoms in total. The fourth-order valence-corrected chi connectivity index (χ4v) is 4.10. The summed E-state index contributed by atoms with van der Waals surface area (Å²) >= 11 is 12.5. The van der Waals surface area contributed by atoms with Crippen LogP contribution >= 0.6 is 23.2 Å². The van der Waals surface area contributed by atoms with Gasteiger partial charge in [-0.05, 0) is 49.2 Å². The fraction of sp³-hybridized carbons (Fsp3) is 0.391. The number of halogens is 3. The quantitative estimate of drug-likeness (QED) is 0.292. The van der Waals surface area contributed by atoms with Gasteiger partial charge in [-0.3, -0.25) is 4.79 Å². The maximum absolute atomic E-state index is 14.7. The summed E-state index contributed by atoms with van der Waals surface area (Å²) in [5, 5.41) is 17.5. The van der Waals surface area contributed by atoms with E-state index in [0.29, 0.717) is 54.3 Å². The highest BCUT2D eigenvalue weighted by atomic mass is 35.5. The Morgan fingerprint density at radius 2 is 1.97 bits per heavy atom. The largest absolute Gasteiger partial charge is 0.374 e. The molecule has 3 N–H and O–H groups in total. The number of nitrogens with one attached hydrogen (secondary N) is 2. The maximum atomic E-state index is 14.7. The zero-order valence-corrected chi connectivity index (χ0v) is 20.1. The Morgan fingerprint density at radius 1 is 1.28 bits per heavy atom. The molecule has 1 atom stereocenters. The number of carbonyl (C=O) groups excluding carboxylic acids is 2. The molecule has 1 heterocycles. The summed E-state index contributed by atoms with van der Waals surface area (Å²) < 4.78 is 14.7. The van der Waals surface area contributed by atoms with Crippen molar-refractivity contribution in [2.75, 3.05) is 32.0 Å². The molecule has 1 aliphatic heterocycles. The van der Waals surface area contributed by atoms with Crippen LogP contribution in [0.5, 0.6) is 0 Å². The number of aldehydes is 1. The zero-order chi connectivity index (χ0) is 24.3. The van der Waals surface area contributed by atoms with Gasteiger partial charge in [-0.15, -0.1) is 0 Å². The van der Waals surface area contributed by atoms with Crippen molar-refractivity contribution in [1.82, 2.24) is 10.4 Å². The van der Waals surface area contributed by atoms with E-state index in [-0.39, 0.29) is 5.02 Å². The van der Waals surface area contributed by atoms with Crippen LogP contribution in [0.3, 0.4) is 0 Å². The van der Waals surface area contributed by atoms with Gasteiger partial charge in [-0.1, -0.05) is 43.1 Å². The van der Waals surface area contributed by atoms with Crippen molar-refractivity contribution in [3.05, 3.63) is 62.9 Å². The molecule has 1 unspecified atom stereocenters. The van der Waals surface area contributed by atoms with E-state index < -0.39 is 11.4 Å². The molecule has 0 saturated carbocycles. The van der Waals surface area contributed by atoms with Crippen LogP contribution in [0, 0.1) is 5.82 Å². The lowest BCUT2D eigenvalue weighted by Crippen LogP contribution is -2.39. The fourth-order valence-electron chi connectivity index (χ4n) is 3.61. The second-order valence-electron chi connectivity index (χ2n) is 7.01. The van der Waals surface area contributed by atoms with Crippen molar-refractivity contribution in [2.24, 2.45) is 0 Å². The van der Waals surface area contributed by atoms with Gasteiger partial charge in [-0.25, -0.2) is 4.39 Å². The average molecular weight is 486 g/mol. The molecule has 3 rings (SSSR count). The normalized spacial score (nSPS) is 17.1. The molecule has 1 aliphatic rings. The number of nitrogens with zero attached hydrogens (tertiary/aromatic N) is 1. The second kappa shape index (κ2) is 13.5. The molecule has 1 saturated heterocycles. The standard InChI is InChI=1S/C20H22Cl2FN3O2.C2H6.CH2O/c1-26(28)9-6-13-2-3-15(10-14(13)11-27)25-20(7-8-24-12-20)18-17(23)5-4-16(21)19(18)22;2*1-2/h2-5,10-11,24-25,28H,6-9,12H2,1H3;1-2H3;1H2. The molecular weight excluding hydrogens is 456 g/mol. The number of carbonyl (C=O) groups is 2. The van der Waals surface area contributed by atoms with Gasteiger partial charge >= 0.3 is 0 Å². The van der Waals surface area contributed by atoms with Crippen LogP contribution < -0.4 is 10.6 Å². The second-order valence-corrected chi connectivity index (χ2v) is 7.80. The summed E-state index contributed by atoms with van der Waals surface area (Å²) in [6, 6.07) is 8.17. The van der Waals surface area contributed by atoms with Gasteiger partial charge in [-0.2, -0.15) is 5.06 Å². The molecule has 1 fully saturated rings. The van der Waals surface area contributed by atoms with Crippen molar-refractivity contribution in [3.63, 3.8) is 0 Å². The van der Waals surface area contributed by atoms with Crippen LogP contribution in [0.4, 0.5) is 10.1 Å². The summed E-state index contributed by atoms with van der Waals surface area (Å²) in [7, 11) is 1.55. The van der Waals surface area contributed by atoms with Crippen molar-refractivity contribution in [3.8, 4) is 0 Å². The van der Waals surface area contributed by atoms with E-state index in [1.54, 1.807) is 13.1 Å². The Labute approximate surface area is 198 Å². The first-order valence-electron chi connectivity index (χ1n) is 10.3. The van der Waals surface area contributed by atoms with Crippen molar-refractivity contribution >= 4 is 42.0 Å². The molecule has 0 bridgehead atoms. The number of anilines is 1. The molecule has 176 valence electrons. The van der Waals surface area contributed by atoms with Gasteiger partial charge in [0.05, 0.1) is 15.6 Å². The molecule has 0 aromatic heterocycles. The van der Waals surface area contributed by atoms with E-state index in [1.165, 1.54) is 12.1 Å². The Kier molecular flexibility index (Phi) is 11.8. The highest BCUT2D eigenvalue weighted by molar-refractivity contribution is 6.42. The monoisotopic (exact) mass is 485 g/mol. The number of likely N-dealkylation sites (N-methyl/N-ethyl adjacent to an activating group) is 1. The topological polar surface area (TPSA) is 81.7 Å². The zero-order valence-electron chi connectivity index (χ0n) is 18.6. The highest BCUT2D eigenvalue weighted by Crippen LogP contribution is 2.41. The highest BCUT2D eigenvalue weighted by Gasteiger charge is 2.40. The lowest BCUT2D eigenvalue weighted by molar-refractivity contribution is -0.0980. The number of benzene rings is 2. The minimum Gasteiger partial charge on any atom is -0.374 e. The summed E-state index contributed by atoms with van der Waals surface area (Å²) in [6.45, 7) is 7.57. The van der Waals surface area contributed by atoms with Crippen molar-refractivity contribution in [2.45, 2.75) is 32.2 Å². The molecule has 0 radical (unpaired) electrons. The smallest absolute Gasteiger partial charge is 0.150 e. The third-order valence-electron chi connectivity index (χ3n) is 5.04. The van der Waals surface area contributed by atoms with E-state index in [9.17, 15) is 14.4 Å². The first-order chi connectivity index (χ1) is 15.4. The Bertz CT molecular complexity index is 891. The van der Waals surface area contributed by atoms with Gasteiger partial charge in [0.15, 0.2) is 0 Å². The maximum Gasteiger partial charge on any atom is 0.150 e. The van der Waals surface area contributed by atoms with E-state index in [4.69, 9.17) is 28.0 Å². The lowest BCUT2D eigenvalue weighted by atomic mass is 9.87. The van der Waals surface area contributed by atoms with E-state index in [1.807, 2.05) is 32.8 Å². The summed E-state index contributed by atoms with van der Waals surface area (Å²) in [4.78, 5) is 19.5. The van der Waals surface area contributed by atoms with E-state index in [0.717, 1.165) is 16.9 Å². The van der Waals surface area contributed by atoms with Gasteiger partial charge in [0.25, 0.3) is 0 Å². The van der Waals surface area contributed by atoms with Gasteiger partial charge < -0.3 is 20.6 Å². The number of hydrogen-bond donors (Lipinski definition) is 3. The first kappa shape index (κ1) is 28.0. The van der Waals surface area contributed by atoms with Crippen LogP contribution in [0.25, 0.3) is 0 Å². The SMILES string of the molecule is C=O.CC.CN(O)CCc1ccc(NC2(c3c(F)ccc(Cl)c3Cl)CCNC2)cc1C=O. The lowest BCUT2D eigenvalue weighted by Gasteiger charge is -2.33. The predicted octanol–water partition coefficient (Wildman–Crippen LogP) is 4.95. The summed E-state index contributed by atoms with van der Waals surface area (Å²) in [5.74, 6) is -0.427. The predicted molar refractivity (Wildman–Crippen MR) is 128 cm³/mol. The van der Waals surface area contributed by atoms with Crippen molar-refractivity contribution in [1.29, 1.82) is 0 Å². The van der Waals surface area contributed by atoms with Gasteiger partial charge in [0.1, 0.15) is 18.9 Å². The molecule has 9 heteroatoms. The average Bonchev–Trinajstić information content (AvgIpc) is 3.27. The van der Waals surface area contributed by atoms with Crippen LogP contribution in [-0.4, -0.2) is 50.0 Å². The number of hydroxylamine groups is 2. The van der Waals surface area contributed by atoms with Crippen LogP contribution in [-0.2, 0) is 16.8 Å². The van der Waals surface area contributed by atoms with Gasteiger partial charge in [0, 0.05) is 37.0 Å².